The van der Waals surface area contributed by atoms with Gasteiger partial charge in [-0.25, -0.2) is 0 Å². The fourth-order valence-electron chi connectivity index (χ4n) is 1.98. The standard InChI is InChI=1S/C14H12N4O4S/c1-8-12(18(20)22-17-8)7-21-10-4-2-3-9(5-10)6-11-13(19)16-14(23)15-11/h2-6H,7H2,1H3,(H2,15,16,19,23)/b11-6+. The van der Waals surface area contributed by atoms with Gasteiger partial charge in [0, 0.05) is 12.1 Å². The largest absolute Gasteiger partial charge is 0.485 e. The molecule has 1 fully saturated rings. The Hall–Kier alpha value is -2.94. The quantitative estimate of drug-likeness (QED) is 0.478. The summed E-state index contributed by atoms with van der Waals surface area (Å²) in [6.07, 6.45) is 1.65. The van der Waals surface area contributed by atoms with Gasteiger partial charge in [0.25, 0.3) is 5.91 Å². The van der Waals surface area contributed by atoms with Crippen LogP contribution in [0, 0.1) is 12.1 Å². The molecule has 1 aromatic heterocycles. The summed E-state index contributed by atoms with van der Waals surface area (Å²) >= 11 is 4.87. The van der Waals surface area contributed by atoms with Crippen LogP contribution in [0.2, 0.25) is 0 Å². The van der Waals surface area contributed by atoms with Gasteiger partial charge in [0.1, 0.15) is 11.4 Å². The average Bonchev–Trinajstić information content (AvgIpc) is 3.00. The van der Waals surface area contributed by atoms with Gasteiger partial charge < -0.3 is 15.3 Å². The number of rotatable bonds is 4. The minimum absolute atomic E-state index is 0.0294. The molecule has 2 N–H and O–H groups in total. The third-order valence-corrected chi connectivity index (χ3v) is 3.36. The van der Waals surface area contributed by atoms with Crippen molar-refractivity contribution in [2.24, 2.45) is 0 Å². The molecule has 0 saturated carbocycles. The van der Waals surface area contributed by atoms with Crippen molar-refractivity contribution in [2.45, 2.75) is 13.5 Å². The van der Waals surface area contributed by atoms with Crippen LogP contribution in [0.3, 0.4) is 0 Å². The fraction of sp³-hybridized carbons (Fsp3) is 0.143. The minimum Gasteiger partial charge on any atom is -0.485 e. The van der Waals surface area contributed by atoms with Crippen molar-refractivity contribution in [3.63, 3.8) is 0 Å². The molecule has 0 radical (unpaired) electrons. The molecular weight excluding hydrogens is 320 g/mol. The van der Waals surface area contributed by atoms with Crippen LogP contribution in [-0.4, -0.2) is 16.2 Å². The summed E-state index contributed by atoms with van der Waals surface area (Å²) < 4.78 is 10.0. The fourth-order valence-corrected chi connectivity index (χ4v) is 2.19. The molecule has 0 aliphatic carbocycles. The second-order valence-corrected chi connectivity index (χ2v) is 5.20. The van der Waals surface area contributed by atoms with Crippen molar-refractivity contribution < 1.29 is 19.1 Å². The van der Waals surface area contributed by atoms with E-state index in [1.165, 1.54) is 0 Å². The summed E-state index contributed by atoms with van der Waals surface area (Å²) in [6.45, 7) is 1.69. The van der Waals surface area contributed by atoms with Gasteiger partial charge in [-0.05, 0) is 40.9 Å². The molecule has 9 heteroatoms. The number of thiocarbonyl (C=S) groups is 1. The summed E-state index contributed by atoms with van der Waals surface area (Å²) in [7, 11) is 0. The first kappa shape index (κ1) is 15.0. The lowest BCUT2D eigenvalue weighted by atomic mass is 10.2. The zero-order valence-corrected chi connectivity index (χ0v) is 12.8. The van der Waals surface area contributed by atoms with Crippen molar-refractivity contribution in [1.29, 1.82) is 0 Å². The monoisotopic (exact) mass is 332 g/mol. The molecule has 118 valence electrons. The zero-order valence-electron chi connectivity index (χ0n) is 12.0. The number of amides is 1. The highest BCUT2D eigenvalue weighted by Crippen LogP contribution is 2.17. The number of carbonyl (C=O) groups excluding carboxylic acids is 1. The molecule has 8 nitrogen and oxygen atoms in total. The maximum atomic E-state index is 11.6. The Morgan fingerprint density at radius 2 is 2.30 bits per heavy atom. The third-order valence-electron chi connectivity index (χ3n) is 3.15. The van der Waals surface area contributed by atoms with Gasteiger partial charge in [0.2, 0.25) is 11.4 Å². The van der Waals surface area contributed by atoms with E-state index in [2.05, 4.69) is 20.4 Å². The molecule has 1 saturated heterocycles. The number of hydrogen-bond donors (Lipinski definition) is 2. The van der Waals surface area contributed by atoms with E-state index < -0.39 is 0 Å². The van der Waals surface area contributed by atoms with Crippen molar-refractivity contribution >= 4 is 29.3 Å². The van der Waals surface area contributed by atoms with Gasteiger partial charge in [0.05, 0.1) is 0 Å². The number of benzene rings is 1. The van der Waals surface area contributed by atoms with Crippen molar-refractivity contribution in [3.05, 3.63) is 52.1 Å². The van der Waals surface area contributed by atoms with Gasteiger partial charge in [0.15, 0.2) is 11.7 Å². The highest BCUT2D eigenvalue weighted by atomic mass is 32.1. The van der Waals surface area contributed by atoms with Crippen molar-refractivity contribution in [3.8, 4) is 5.75 Å². The molecule has 1 aromatic carbocycles. The topological polar surface area (TPSA) is 103 Å². The van der Waals surface area contributed by atoms with Gasteiger partial charge in [-0.2, -0.15) is 0 Å². The number of aryl methyl sites for hydroxylation is 1. The highest BCUT2D eigenvalue weighted by molar-refractivity contribution is 7.80. The average molecular weight is 332 g/mol. The summed E-state index contributed by atoms with van der Waals surface area (Å²) in [5.41, 5.74) is 1.89. The van der Waals surface area contributed by atoms with E-state index in [1.54, 1.807) is 31.2 Å². The van der Waals surface area contributed by atoms with Crippen LogP contribution >= 0.6 is 12.2 Å². The summed E-state index contributed by atoms with van der Waals surface area (Å²) in [6, 6.07) is 7.07. The lowest BCUT2D eigenvalue weighted by molar-refractivity contribution is -0.808. The molecule has 1 amide bonds. The lowest BCUT2D eigenvalue weighted by Gasteiger charge is -2.05. The van der Waals surface area contributed by atoms with Gasteiger partial charge in [-0.15, -0.1) is 0 Å². The normalized spacial score (nSPS) is 15.6. The Bertz CT molecular complexity index is 795. The van der Waals surface area contributed by atoms with Crippen LogP contribution in [0.4, 0.5) is 0 Å². The molecule has 1 aliphatic rings. The first-order chi connectivity index (χ1) is 11.0. The first-order valence-electron chi connectivity index (χ1n) is 6.65. The van der Waals surface area contributed by atoms with E-state index in [-0.39, 0.29) is 17.6 Å². The van der Waals surface area contributed by atoms with Crippen molar-refractivity contribution in [1.82, 2.24) is 15.8 Å². The SMILES string of the molecule is Cc1no[n+]([O-])c1COc1cccc(/C=C2/NC(=S)NC2=O)c1. The number of ether oxygens (including phenoxy) is 1. The Kier molecular flexibility index (Phi) is 3.94. The predicted molar refractivity (Wildman–Crippen MR) is 82.8 cm³/mol. The predicted octanol–water partition coefficient (Wildman–Crippen LogP) is 0.541. The van der Waals surface area contributed by atoms with E-state index in [0.717, 1.165) is 5.56 Å². The smallest absolute Gasteiger partial charge is 0.273 e. The summed E-state index contributed by atoms with van der Waals surface area (Å²) in [5.74, 6) is 0.259. The highest BCUT2D eigenvalue weighted by Gasteiger charge is 2.20. The number of aromatic nitrogens is 2. The van der Waals surface area contributed by atoms with E-state index in [4.69, 9.17) is 17.0 Å². The van der Waals surface area contributed by atoms with Crippen LogP contribution < -0.4 is 20.3 Å². The Morgan fingerprint density at radius 1 is 1.48 bits per heavy atom. The molecule has 0 bridgehead atoms. The molecule has 0 atom stereocenters. The molecule has 3 rings (SSSR count). The molecule has 2 heterocycles. The third kappa shape index (κ3) is 3.29. The number of nitrogens with one attached hydrogen (secondary N) is 2. The van der Waals surface area contributed by atoms with Crippen molar-refractivity contribution in [2.75, 3.05) is 0 Å². The van der Waals surface area contributed by atoms with E-state index in [9.17, 15) is 10.0 Å². The summed E-state index contributed by atoms with van der Waals surface area (Å²) in [5, 5.41) is 20.4. The van der Waals surface area contributed by atoms with E-state index in [0.29, 0.717) is 27.7 Å². The molecule has 2 aromatic rings. The van der Waals surface area contributed by atoms with Crippen LogP contribution in [0.1, 0.15) is 17.0 Å². The van der Waals surface area contributed by atoms with Gasteiger partial charge in [-0.1, -0.05) is 12.1 Å². The maximum absolute atomic E-state index is 11.6. The molecule has 0 spiro atoms. The molecule has 23 heavy (non-hydrogen) atoms. The number of hydrogen-bond acceptors (Lipinski definition) is 6. The first-order valence-corrected chi connectivity index (χ1v) is 7.06. The van der Waals surface area contributed by atoms with Crippen LogP contribution in [0.15, 0.2) is 34.6 Å². The van der Waals surface area contributed by atoms with E-state index >= 15 is 0 Å². The Morgan fingerprint density at radius 3 is 2.96 bits per heavy atom. The Labute approximate surface area is 136 Å². The number of carbonyl (C=O) groups is 1. The molecular formula is C14H12N4O4S. The van der Waals surface area contributed by atoms with Crippen LogP contribution in [0.25, 0.3) is 6.08 Å². The minimum atomic E-state index is -0.284. The zero-order chi connectivity index (χ0) is 16.4. The maximum Gasteiger partial charge on any atom is 0.273 e. The second kappa shape index (κ2) is 6.05. The van der Waals surface area contributed by atoms with Gasteiger partial charge in [-0.3, -0.25) is 14.7 Å². The van der Waals surface area contributed by atoms with E-state index in [1.807, 2.05) is 6.07 Å². The summed E-state index contributed by atoms with van der Waals surface area (Å²) in [4.78, 5) is 11.9. The Balaban J connectivity index is 1.74. The molecule has 1 aliphatic heterocycles. The second-order valence-electron chi connectivity index (χ2n) is 4.79. The lowest BCUT2D eigenvalue weighted by Crippen LogP contribution is -2.29. The number of nitrogens with zero attached hydrogens (tertiary/aromatic N) is 2. The van der Waals surface area contributed by atoms with Crippen LogP contribution in [-0.2, 0) is 11.4 Å². The molecule has 0 unspecified atom stereocenters. The van der Waals surface area contributed by atoms with Crippen LogP contribution in [0.5, 0.6) is 5.75 Å². The van der Waals surface area contributed by atoms with Gasteiger partial charge >= 0.3 is 0 Å².